The van der Waals surface area contributed by atoms with Crippen molar-refractivity contribution in [1.29, 1.82) is 0 Å². The van der Waals surface area contributed by atoms with E-state index in [-0.39, 0.29) is 42.6 Å². The van der Waals surface area contributed by atoms with Gasteiger partial charge in [0.1, 0.15) is 11.8 Å². The number of rotatable bonds is 5. The van der Waals surface area contributed by atoms with Crippen LogP contribution in [0.4, 0.5) is 17.6 Å². The van der Waals surface area contributed by atoms with Crippen LogP contribution < -0.4 is 4.74 Å². The smallest absolute Gasteiger partial charge is 0.200 e. The van der Waals surface area contributed by atoms with E-state index in [0.29, 0.717) is 25.7 Å². The summed E-state index contributed by atoms with van der Waals surface area (Å²) in [5.74, 6) is -3.11. The van der Waals surface area contributed by atoms with Crippen molar-refractivity contribution in [3.8, 4) is 5.75 Å². The molecule has 2 aliphatic carbocycles. The Morgan fingerprint density at radius 2 is 1.88 bits per heavy atom. The zero-order valence-electron chi connectivity index (χ0n) is 15.5. The van der Waals surface area contributed by atoms with Crippen molar-refractivity contribution in [2.24, 2.45) is 11.8 Å². The summed E-state index contributed by atoms with van der Waals surface area (Å²) in [4.78, 5) is 0. The molecule has 0 aliphatic heterocycles. The number of hydrogen-bond donors (Lipinski definition) is 0. The quantitative estimate of drug-likeness (QED) is 0.536. The Kier molecular flexibility index (Phi) is 5.83. The summed E-state index contributed by atoms with van der Waals surface area (Å²) in [6.45, 7) is 3.95. The minimum absolute atomic E-state index is 0.104. The van der Waals surface area contributed by atoms with Gasteiger partial charge < -0.3 is 4.74 Å². The van der Waals surface area contributed by atoms with E-state index in [2.05, 4.69) is 0 Å². The predicted molar refractivity (Wildman–Crippen MR) is 94.0 cm³/mol. The van der Waals surface area contributed by atoms with Crippen molar-refractivity contribution in [2.45, 2.75) is 76.6 Å². The summed E-state index contributed by atoms with van der Waals surface area (Å²) in [7, 11) is 0. The summed E-state index contributed by atoms with van der Waals surface area (Å²) in [5, 5.41) is 0. The van der Waals surface area contributed by atoms with Crippen molar-refractivity contribution in [3.63, 3.8) is 0 Å². The van der Waals surface area contributed by atoms with Gasteiger partial charge in [0, 0.05) is 5.92 Å². The Balaban J connectivity index is 1.78. The Morgan fingerprint density at radius 1 is 1.12 bits per heavy atom. The number of benzene rings is 1. The van der Waals surface area contributed by atoms with Crippen molar-refractivity contribution < 1.29 is 22.3 Å². The van der Waals surface area contributed by atoms with E-state index in [4.69, 9.17) is 4.74 Å². The van der Waals surface area contributed by atoms with Gasteiger partial charge in [-0.2, -0.15) is 4.39 Å². The minimum Gasteiger partial charge on any atom is -0.491 e. The molecule has 1 aromatic rings. The molecule has 0 amide bonds. The lowest BCUT2D eigenvalue weighted by Gasteiger charge is -2.25. The third-order valence-electron chi connectivity index (χ3n) is 6.31. The molecule has 2 saturated carbocycles. The molecule has 0 radical (unpaired) electrons. The number of halogens is 4. The molecule has 2 aliphatic rings. The van der Waals surface area contributed by atoms with Gasteiger partial charge in [0.05, 0.1) is 6.61 Å². The normalized spacial score (nSPS) is 34.4. The summed E-state index contributed by atoms with van der Waals surface area (Å²) in [6, 6.07) is 2.97. The van der Waals surface area contributed by atoms with Crippen molar-refractivity contribution >= 4 is 0 Å². The first kappa shape index (κ1) is 19.5. The van der Waals surface area contributed by atoms with Crippen LogP contribution in [0.15, 0.2) is 12.1 Å². The monoisotopic (exact) mass is 372 g/mol. The van der Waals surface area contributed by atoms with Gasteiger partial charge in [-0.05, 0) is 68.9 Å². The second kappa shape index (κ2) is 7.77. The second-order valence-electron chi connectivity index (χ2n) is 7.87. The Bertz CT molecular complexity index is 635. The van der Waals surface area contributed by atoms with Gasteiger partial charge >= 0.3 is 0 Å². The fraction of sp³-hybridized carbons (Fsp3) is 0.714. The molecule has 0 bridgehead atoms. The molecule has 5 unspecified atom stereocenters. The van der Waals surface area contributed by atoms with Gasteiger partial charge in [-0.3, -0.25) is 0 Å². The molecule has 26 heavy (non-hydrogen) atoms. The van der Waals surface area contributed by atoms with Gasteiger partial charge in [-0.15, -0.1) is 0 Å². The predicted octanol–water partition coefficient (Wildman–Crippen LogP) is 6.50. The van der Waals surface area contributed by atoms with Crippen LogP contribution >= 0.6 is 0 Å². The SMILES string of the molecule is CCCC1CC2(F)CCC(c3ccc(OCC)c(F)c3F)CCC2C1F. The second-order valence-corrected chi connectivity index (χ2v) is 7.87. The first-order valence-electron chi connectivity index (χ1n) is 9.85. The molecule has 1 aromatic carbocycles. The summed E-state index contributed by atoms with van der Waals surface area (Å²) in [6.07, 6.45) is 2.22. The topological polar surface area (TPSA) is 9.23 Å². The van der Waals surface area contributed by atoms with E-state index in [9.17, 15) is 13.2 Å². The third-order valence-corrected chi connectivity index (χ3v) is 6.31. The molecule has 0 saturated heterocycles. The average molecular weight is 372 g/mol. The summed E-state index contributed by atoms with van der Waals surface area (Å²) < 4.78 is 64.0. The molecule has 0 heterocycles. The molecule has 0 aromatic heterocycles. The highest BCUT2D eigenvalue weighted by Crippen LogP contribution is 2.54. The van der Waals surface area contributed by atoms with Gasteiger partial charge in [0.15, 0.2) is 11.6 Å². The van der Waals surface area contributed by atoms with E-state index in [0.717, 1.165) is 6.42 Å². The molecular formula is C21H28F4O. The lowest BCUT2D eigenvalue weighted by atomic mass is 9.88. The third kappa shape index (κ3) is 3.46. The number of fused-ring (bicyclic) bond motifs is 1. The van der Waals surface area contributed by atoms with E-state index >= 15 is 4.39 Å². The van der Waals surface area contributed by atoms with E-state index in [1.807, 2.05) is 6.92 Å². The maximum Gasteiger partial charge on any atom is 0.200 e. The number of hydrogen-bond acceptors (Lipinski definition) is 1. The summed E-state index contributed by atoms with van der Waals surface area (Å²) >= 11 is 0. The molecule has 5 atom stereocenters. The van der Waals surface area contributed by atoms with Crippen LogP contribution in [0.1, 0.15) is 70.3 Å². The lowest BCUT2D eigenvalue weighted by Crippen LogP contribution is -2.30. The van der Waals surface area contributed by atoms with E-state index in [1.165, 1.54) is 12.1 Å². The maximum absolute atomic E-state index is 15.4. The number of alkyl halides is 2. The van der Waals surface area contributed by atoms with Crippen LogP contribution in [0.2, 0.25) is 0 Å². The molecule has 0 N–H and O–H groups in total. The van der Waals surface area contributed by atoms with Gasteiger partial charge in [0.25, 0.3) is 0 Å². The highest BCUT2D eigenvalue weighted by Gasteiger charge is 2.55. The first-order valence-corrected chi connectivity index (χ1v) is 9.85. The van der Waals surface area contributed by atoms with Crippen molar-refractivity contribution in [1.82, 2.24) is 0 Å². The first-order chi connectivity index (χ1) is 12.4. The van der Waals surface area contributed by atoms with Gasteiger partial charge in [0.2, 0.25) is 5.82 Å². The van der Waals surface area contributed by atoms with Crippen LogP contribution in [-0.2, 0) is 0 Å². The molecule has 5 heteroatoms. The average Bonchev–Trinajstić information content (AvgIpc) is 2.74. The van der Waals surface area contributed by atoms with Crippen LogP contribution in [0.5, 0.6) is 5.75 Å². The highest BCUT2D eigenvalue weighted by atomic mass is 19.2. The standard InChI is InChI=1S/C21H28F4O/c1-3-5-14-12-21(25)11-10-13(6-8-16(21)18(14)22)15-7-9-17(26-4-2)20(24)19(15)23/h7,9,13-14,16,18H,3-6,8,10-12H2,1-2H3. The van der Waals surface area contributed by atoms with Crippen LogP contribution in [0, 0.1) is 23.5 Å². The van der Waals surface area contributed by atoms with Gasteiger partial charge in [-0.25, -0.2) is 13.2 Å². The van der Waals surface area contributed by atoms with Gasteiger partial charge in [-0.1, -0.05) is 19.4 Å². The molecule has 3 rings (SSSR count). The largest absolute Gasteiger partial charge is 0.491 e. The lowest BCUT2D eigenvalue weighted by molar-refractivity contribution is 0.0728. The van der Waals surface area contributed by atoms with Crippen molar-refractivity contribution in [3.05, 3.63) is 29.3 Å². The van der Waals surface area contributed by atoms with E-state index in [1.54, 1.807) is 6.92 Å². The maximum atomic E-state index is 15.4. The van der Waals surface area contributed by atoms with Crippen LogP contribution in [0.25, 0.3) is 0 Å². The molecule has 0 spiro atoms. The molecular weight excluding hydrogens is 344 g/mol. The Morgan fingerprint density at radius 3 is 2.58 bits per heavy atom. The Labute approximate surface area is 153 Å². The number of ether oxygens (including phenoxy) is 1. The minimum atomic E-state index is -1.51. The van der Waals surface area contributed by atoms with E-state index < -0.39 is 29.4 Å². The molecule has 1 nitrogen and oxygen atoms in total. The summed E-state index contributed by atoms with van der Waals surface area (Å²) in [5.41, 5.74) is -1.25. The molecule has 2 fully saturated rings. The van der Waals surface area contributed by atoms with Crippen LogP contribution in [-0.4, -0.2) is 18.4 Å². The zero-order chi connectivity index (χ0) is 18.9. The van der Waals surface area contributed by atoms with Crippen molar-refractivity contribution in [2.75, 3.05) is 6.61 Å². The molecule has 146 valence electrons. The Hall–Kier alpha value is -1.26. The van der Waals surface area contributed by atoms with Crippen LogP contribution in [0.3, 0.4) is 0 Å². The fourth-order valence-corrected chi connectivity index (χ4v) is 5.03. The highest BCUT2D eigenvalue weighted by molar-refractivity contribution is 5.33. The zero-order valence-corrected chi connectivity index (χ0v) is 15.5. The fourth-order valence-electron chi connectivity index (χ4n) is 5.03.